The molecule has 1 aromatic rings. The standard InChI is InChI=1S/C11H16N4O/c1-8(2)4-5-10(16)13-11-9(6-12)7-15(3)14-11/h7-8H,4-5H2,1-3H3,(H,13,14,16). The molecule has 16 heavy (non-hydrogen) atoms. The number of carbonyl (C=O) groups excluding carboxylic acids is 1. The van der Waals surface area contributed by atoms with E-state index in [-0.39, 0.29) is 5.91 Å². The van der Waals surface area contributed by atoms with E-state index < -0.39 is 0 Å². The van der Waals surface area contributed by atoms with E-state index in [1.165, 1.54) is 4.68 Å². The van der Waals surface area contributed by atoms with Crippen molar-refractivity contribution in [2.45, 2.75) is 26.7 Å². The van der Waals surface area contributed by atoms with Crippen LogP contribution >= 0.6 is 0 Å². The van der Waals surface area contributed by atoms with Crippen LogP contribution in [0.1, 0.15) is 32.3 Å². The van der Waals surface area contributed by atoms with Gasteiger partial charge in [-0.15, -0.1) is 0 Å². The zero-order valence-electron chi connectivity index (χ0n) is 9.82. The van der Waals surface area contributed by atoms with Crippen LogP contribution < -0.4 is 5.32 Å². The highest BCUT2D eigenvalue weighted by molar-refractivity contribution is 5.90. The summed E-state index contributed by atoms with van der Waals surface area (Å²) in [6.45, 7) is 4.13. The van der Waals surface area contributed by atoms with E-state index in [0.717, 1.165) is 6.42 Å². The monoisotopic (exact) mass is 220 g/mol. The minimum atomic E-state index is -0.0936. The van der Waals surface area contributed by atoms with Crippen LogP contribution in [0.5, 0.6) is 0 Å². The molecule has 86 valence electrons. The van der Waals surface area contributed by atoms with Gasteiger partial charge in [-0.2, -0.15) is 10.4 Å². The van der Waals surface area contributed by atoms with E-state index in [2.05, 4.69) is 24.3 Å². The Bertz CT molecular complexity index is 414. The van der Waals surface area contributed by atoms with E-state index in [9.17, 15) is 4.79 Å². The summed E-state index contributed by atoms with van der Waals surface area (Å²) in [7, 11) is 1.71. The van der Waals surface area contributed by atoms with Gasteiger partial charge in [-0.3, -0.25) is 9.48 Å². The Balaban J connectivity index is 2.59. The number of anilines is 1. The van der Waals surface area contributed by atoms with Gasteiger partial charge in [-0.1, -0.05) is 13.8 Å². The first-order chi connectivity index (χ1) is 7.52. The summed E-state index contributed by atoms with van der Waals surface area (Å²) in [6, 6.07) is 1.99. The molecule has 1 N–H and O–H groups in total. The average molecular weight is 220 g/mol. The normalized spacial score (nSPS) is 10.2. The molecule has 0 aliphatic carbocycles. The van der Waals surface area contributed by atoms with Crippen molar-refractivity contribution in [3.63, 3.8) is 0 Å². The van der Waals surface area contributed by atoms with Crippen LogP contribution in [0.15, 0.2) is 6.20 Å². The van der Waals surface area contributed by atoms with Gasteiger partial charge in [0.2, 0.25) is 5.91 Å². The molecular formula is C11H16N4O. The summed E-state index contributed by atoms with van der Waals surface area (Å²) in [6.07, 6.45) is 2.87. The zero-order chi connectivity index (χ0) is 12.1. The number of hydrogen-bond donors (Lipinski definition) is 1. The first-order valence-corrected chi connectivity index (χ1v) is 5.26. The predicted molar refractivity (Wildman–Crippen MR) is 60.6 cm³/mol. The molecule has 0 saturated heterocycles. The number of nitriles is 1. The molecule has 0 fully saturated rings. The minimum Gasteiger partial charge on any atom is -0.308 e. The quantitative estimate of drug-likeness (QED) is 0.838. The van der Waals surface area contributed by atoms with Crippen molar-refractivity contribution in [2.24, 2.45) is 13.0 Å². The summed E-state index contributed by atoms with van der Waals surface area (Å²) >= 11 is 0. The first kappa shape index (κ1) is 12.2. The second-order valence-corrected chi connectivity index (χ2v) is 4.16. The van der Waals surface area contributed by atoms with Crippen LogP contribution in [-0.2, 0) is 11.8 Å². The van der Waals surface area contributed by atoms with E-state index in [1.807, 2.05) is 6.07 Å². The Morgan fingerprint density at radius 1 is 1.69 bits per heavy atom. The average Bonchev–Trinajstić information content (AvgIpc) is 2.55. The summed E-state index contributed by atoms with van der Waals surface area (Å²) < 4.78 is 1.51. The molecule has 5 nitrogen and oxygen atoms in total. The number of aromatic nitrogens is 2. The van der Waals surface area contributed by atoms with E-state index in [0.29, 0.717) is 23.7 Å². The van der Waals surface area contributed by atoms with Crippen molar-refractivity contribution in [1.82, 2.24) is 9.78 Å². The van der Waals surface area contributed by atoms with Crippen LogP contribution in [0.25, 0.3) is 0 Å². The Morgan fingerprint density at radius 3 is 2.94 bits per heavy atom. The van der Waals surface area contributed by atoms with Crippen molar-refractivity contribution in [3.8, 4) is 6.07 Å². The third kappa shape index (κ3) is 3.39. The number of nitrogens with one attached hydrogen (secondary N) is 1. The second kappa shape index (κ2) is 5.31. The van der Waals surface area contributed by atoms with Gasteiger partial charge < -0.3 is 5.32 Å². The smallest absolute Gasteiger partial charge is 0.225 e. The van der Waals surface area contributed by atoms with E-state index >= 15 is 0 Å². The third-order valence-electron chi connectivity index (χ3n) is 2.16. The van der Waals surface area contributed by atoms with E-state index in [1.54, 1.807) is 13.2 Å². The molecule has 1 heterocycles. The molecule has 0 saturated carbocycles. The lowest BCUT2D eigenvalue weighted by Gasteiger charge is -2.04. The van der Waals surface area contributed by atoms with Crippen LogP contribution in [-0.4, -0.2) is 15.7 Å². The summed E-state index contributed by atoms with van der Waals surface area (Å²) in [5.74, 6) is 0.743. The van der Waals surface area contributed by atoms with Crippen molar-refractivity contribution in [2.75, 3.05) is 5.32 Å². The highest BCUT2D eigenvalue weighted by Crippen LogP contribution is 2.12. The molecule has 0 radical (unpaired) electrons. The lowest BCUT2D eigenvalue weighted by atomic mass is 10.1. The summed E-state index contributed by atoms with van der Waals surface area (Å²) in [4.78, 5) is 11.5. The molecule has 0 aromatic carbocycles. The Morgan fingerprint density at radius 2 is 2.38 bits per heavy atom. The van der Waals surface area contributed by atoms with Crippen LogP contribution in [0, 0.1) is 17.2 Å². The highest BCUT2D eigenvalue weighted by atomic mass is 16.1. The fourth-order valence-corrected chi connectivity index (χ4v) is 1.28. The largest absolute Gasteiger partial charge is 0.308 e. The molecular weight excluding hydrogens is 204 g/mol. The predicted octanol–water partition coefficient (Wildman–Crippen LogP) is 1.67. The first-order valence-electron chi connectivity index (χ1n) is 5.26. The van der Waals surface area contributed by atoms with Crippen molar-refractivity contribution < 1.29 is 4.79 Å². The lowest BCUT2D eigenvalue weighted by Crippen LogP contribution is -2.13. The van der Waals surface area contributed by atoms with Gasteiger partial charge in [0.05, 0.1) is 0 Å². The topological polar surface area (TPSA) is 70.7 Å². The van der Waals surface area contributed by atoms with Gasteiger partial charge >= 0.3 is 0 Å². The van der Waals surface area contributed by atoms with Gasteiger partial charge in [0.1, 0.15) is 11.6 Å². The van der Waals surface area contributed by atoms with Gasteiger partial charge in [0.15, 0.2) is 5.82 Å². The SMILES string of the molecule is CC(C)CCC(=O)Nc1nn(C)cc1C#N. The van der Waals surface area contributed by atoms with E-state index in [4.69, 9.17) is 5.26 Å². The molecule has 1 aromatic heterocycles. The minimum absolute atomic E-state index is 0.0936. The lowest BCUT2D eigenvalue weighted by molar-refractivity contribution is -0.116. The maximum atomic E-state index is 11.5. The fraction of sp³-hybridized carbons (Fsp3) is 0.545. The van der Waals surface area contributed by atoms with Gasteiger partial charge in [-0.05, 0) is 12.3 Å². The molecule has 5 heteroatoms. The van der Waals surface area contributed by atoms with Gasteiger partial charge in [0.25, 0.3) is 0 Å². The number of amides is 1. The third-order valence-corrected chi connectivity index (χ3v) is 2.16. The summed E-state index contributed by atoms with van der Waals surface area (Å²) in [5, 5.41) is 15.5. The molecule has 0 atom stereocenters. The van der Waals surface area contributed by atoms with Crippen LogP contribution in [0.2, 0.25) is 0 Å². The van der Waals surface area contributed by atoms with Crippen molar-refractivity contribution in [3.05, 3.63) is 11.8 Å². The molecule has 0 spiro atoms. The Hall–Kier alpha value is -1.83. The second-order valence-electron chi connectivity index (χ2n) is 4.16. The molecule has 0 aliphatic heterocycles. The maximum Gasteiger partial charge on any atom is 0.225 e. The van der Waals surface area contributed by atoms with Crippen molar-refractivity contribution >= 4 is 11.7 Å². The van der Waals surface area contributed by atoms with Crippen molar-refractivity contribution in [1.29, 1.82) is 5.26 Å². The summed E-state index contributed by atoms with van der Waals surface area (Å²) in [5.41, 5.74) is 0.389. The molecule has 0 bridgehead atoms. The van der Waals surface area contributed by atoms with Crippen LogP contribution in [0.3, 0.4) is 0 Å². The number of aryl methyl sites for hydroxylation is 1. The highest BCUT2D eigenvalue weighted by Gasteiger charge is 2.10. The molecule has 1 rings (SSSR count). The number of hydrogen-bond acceptors (Lipinski definition) is 3. The zero-order valence-corrected chi connectivity index (χ0v) is 9.82. The molecule has 0 unspecified atom stereocenters. The fourth-order valence-electron chi connectivity index (χ4n) is 1.28. The molecule has 1 amide bonds. The maximum absolute atomic E-state index is 11.5. The van der Waals surface area contributed by atoms with Gasteiger partial charge in [0, 0.05) is 19.7 Å². The number of rotatable bonds is 4. The molecule has 0 aliphatic rings. The number of carbonyl (C=O) groups is 1. The number of nitrogens with zero attached hydrogens (tertiary/aromatic N) is 3. The Kier molecular flexibility index (Phi) is 4.06. The van der Waals surface area contributed by atoms with Crippen LogP contribution in [0.4, 0.5) is 5.82 Å². The van der Waals surface area contributed by atoms with Gasteiger partial charge in [-0.25, -0.2) is 0 Å². The Labute approximate surface area is 95.1 Å².